The summed E-state index contributed by atoms with van der Waals surface area (Å²) in [5.74, 6) is 0. The van der Waals surface area contributed by atoms with Gasteiger partial charge in [0.1, 0.15) is 0 Å². The highest BCUT2D eigenvalue weighted by molar-refractivity contribution is 5.25. The molecule has 2 rings (SSSR count). The van der Waals surface area contributed by atoms with Gasteiger partial charge in [-0.2, -0.15) is 0 Å². The van der Waals surface area contributed by atoms with Gasteiger partial charge < -0.3 is 5.32 Å². The fraction of sp³-hybridized carbons (Fsp3) is 0.500. The van der Waals surface area contributed by atoms with E-state index in [1.165, 1.54) is 36.9 Å². The highest BCUT2D eigenvalue weighted by atomic mass is 14.9. The topological polar surface area (TPSA) is 12.0 Å². The fourth-order valence-corrected chi connectivity index (χ4v) is 2.02. The highest BCUT2D eigenvalue weighted by Gasteiger charge is 2.13. The largest absolute Gasteiger partial charge is 0.310 e. The molecule has 0 spiro atoms. The number of piperidine rings is 1. The minimum Gasteiger partial charge on any atom is -0.310 e. The summed E-state index contributed by atoms with van der Waals surface area (Å²) in [6, 6.07) is 9.44. The number of rotatable bonds is 1. The molecule has 1 aliphatic heterocycles. The monoisotopic (exact) mass is 175 g/mol. The third-order valence-electron chi connectivity index (χ3n) is 2.75. The average Bonchev–Trinajstić information content (AvgIpc) is 2.19. The molecule has 1 aromatic carbocycles. The second kappa shape index (κ2) is 3.93. The van der Waals surface area contributed by atoms with Crippen molar-refractivity contribution in [1.82, 2.24) is 5.32 Å². The van der Waals surface area contributed by atoms with Crippen molar-refractivity contribution in [3.63, 3.8) is 0 Å². The van der Waals surface area contributed by atoms with Crippen molar-refractivity contribution in [2.45, 2.75) is 32.2 Å². The Morgan fingerprint density at radius 2 is 2.23 bits per heavy atom. The zero-order chi connectivity index (χ0) is 9.10. The van der Waals surface area contributed by atoms with Crippen molar-refractivity contribution in [1.29, 1.82) is 0 Å². The predicted molar refractivity (Wildman–Crippen MR) is 55.8 cm³/mol. The molecule has 1 N–H and O–H groups in total. The first kappa shape index (κ1) is 8.76. The molecule has 1 heterocycles. The summed E-state index contributed by atoms with van der Waals surface area (Å²) in [5.41, 5.74) is 2.82. The van der Waals surface area contributed by atoms with E-state index in [4.69, 9.17) is 0 Å². The van der Waals surface area contributed by atoms with E-state index in [1.54, 1.807) is 0 Å². The van der Waals surface area contributed by atoms with Crippen molar-refractivity contribution in [3.8, 4) is 0 Å². The Morgan fingerprint density at radius 1 is 1.31 bits per heavy atom. The smallest absolute Gasteiger partial charge is 0.0320 e. The Hall–Kier alpha value is -0.820. The van der Waals surface area contributed by atoms with Crippen molar-refractivity contribution >= 4 is 0 Å². The van der Waals surface area contributed by atoms with E-state index in [0.717, 1.165) is 0 Å². The Kier molecular flexibility index (Phi) is 2.65. The van der Waals surface area contributed by atoms with Crippen LogP contribution in [0.2, 0.25) is 0 Å². The Balaban J connectivity index is 2.14. The minimum atomic E-state index is 0.605. The van der Waals surface area contributed by atoms with Crippen LogP contribution in [0.1, 0.15) is 36.4 Å². The maximum atomic E-state index is 3.56. The van der Waals surface area contributed by atoms with E-state index < -0.39 is 0 Å². The molecule has 1 nitrogen and oxygen atoms in total. The van der Waals surface area contributed by atoms with E-state index in [-0.39, 0.29) is 0 Å². The van der Waals surface area contributed by atoms with Gasteiger partial charge in [0, 0.05) is 6.04 Å². The Morgan fingerprint density at radius 3 is 2.92 bits per heavy atom. The molecule has 1 fully saturated rings. The average molecular weight is 175 g/mol. The van der Waals surface area contributed by atoms with Gasteiger partial charge in [0.2, 0.25) is 0 Å². The fourth-order valence-electron chi connectivity index (χ4n) is 2.02. The lowest BCUT2D eigenvalue weighted by atomic mass is 9.96. The summed E-state index contributed by atoms with van der Waals surface area (Å²) in [4.78, 5) is 0. The molecule has 0 radical (unpaired) electrons. The quantitative estimate of drug-likeness (QED) is 0.692. The van der Waals surface area contributed by atoms with Gasteiger partial charge in [0.25, 0.3) is 0 Å². The van der Waals surface area contributed by atoms with Crippen molar-refractivity contribution in [2.24, 2.45) is 0 Å². The summed E-state index contributed by atoms with van der Waals surface area (Å²) >= 11 is 0. The molecule has 1 aliphatic rings. The molecule has 0 aliphatic carbocycles. The molecule has 70 valence electrons. The summed E-state index contributed by atoms with van der Waals surface area (Å²) < 4.78 is 0. The molecule has 1 saturated heterocycles. The first-order valence-electron chi connectivity index (χ1n) is 5.16. The van der Waals surface area contributed by atoms with E-state index in [2.05, 4.69) is 36.5 Å². The molecule has 0 saturated carbocycles. The molecule has 0 amide bonds. The number of hydrogen-bond donors (Lipinski definition) is 1. The molecule has 1 atom stereocenters. The SMILES string of the molecule is Cc1cccc([C@H]2CCCCN2)c1. The van der Waals surface area contributed by atoms with E-state index >= 15 is 0 Å². The molecular formula is C12H17N. The van der Waals surface area contributed by atoms with Crippen LogP contribution < -0.4 is 5.32 Å². The van der Waals surface area contributed by atoms with Gasteiger partial charge in [-0.3, -0.25) is 0 Å². The summed E-state index contributed by atoms with van der Waals surface area (Å²) in [6.45, 7) is 3.34. The second-order valence-corrected chi connectivity index (χ2v) is 3.92. The second-order valence-electron chi connectivity index (χ2n) is 3.92. The first-order valence-corrected chi connectivity index (χ1v) is 5.16. The molecule has 1 heteroatoms. The lowest BCUT2D eigenvalue weighted by molar-refractivity contribution is 0.412. The van der Waals surface area contributed by atoms with Crippen LogP contribution in [-0.2, 0) is 0 Å². The lowest BCUT2D eigenvalue weighted by Crippen LogP contribution is -2.26. The van der Waals surface area contributed by atoms with Crippen molar-refractivity contribution in [3.05, 3.63) is 35.4 Å². The van der Waals surface area contributed by atoms with Crippen LogP contribution >= 0.6 is 0 Å². The van der Waals surface area contributed by atoms with E-state index in [0.29, 0.717) is 6.04 Å². The van der Waals surface area contributed by atoms with Gasteiger partial charge in [-0.1, -0.05) is 36.2 Å². The number of benzene rings is 1. The van der Waals surface area contributed by atoms with Crippen LogP contribution in [-0.4, -0.2) is 6.54 Å². The van der Waals surface area contributed by atoms with Gasteiger partial charge in [0.15, 0.2) is 0 Å². The molecule has 0 aromatic heterocycles. The normalized spacial score (nSPS) is 23.0. The van der Waals surface area contributed by atoms with Crippen LogP contribution in [0, 0.1) is 6.92 Å². The highest BCUT2D eigenvalue weighted by Crippen LogP contribution is 2.23. The maximum Gasteiger partial charge on any atom is 0.0320 e. The Bertz CT molecular complexity index is 274. The maximum absolute atomic E-state index is 3.56. The third kappa shape index (κ3) is 2.10. The van der Waals surface area contributed by atoms with Crippen LogP contribution in [0.15, 0.2) is 24.3 Å². The van der Waals surface area contributed by atoms with Crippen LogP contribution in [0.3, 0.4) is 0 Å². The zero-order valence-corrected chi connectivity index (χ0v) is 8.22. The first-order chi connectivity index (χ1) is 6.36. The molecule has 0 unspecified atom stereocenters. The summed E-state index contributed by atoms with van der Waals surface area (Å²) in [5, 5.41) is 3.56. The summed E-state index contributed by atoms with van der Waals surface area (Å²) in [6.07, 6.45) is 4.00. The molecular weight excluding hydrogens is 158 g/mol. The summed E-state index contributed by atoms with van der Waals surface area (Å²) in [7, 11) is 0. The zero-order valence-electron chi connectivity index (χ0n) is 8.22. The predicted octanol–water partition coefficient (Wildman–Crippen LogP) is 2.81. The van der Waals surface area contributed by atoms with E-state index in [1.807, 2.05) is 0 Å². The number of aryl methyl sites for hydroxylation is 1. The van der Waals surface area contributed by atoms with Gasteiger partial charge in [-0.25, -0.2) is 0 Å². The van der Waals surface area contributed by atoms with Crippen LogP contribution in [0.5, 0.6) is 0 Å². The Labute approximate surface area is 80.2 Å². The lowest BCUT2D eigenvalue weighted by Gasteiger charge is -2.24. The number of hydrogen-bond acceptors (Lipinski definition) is 1. The van der Waals surface area contributed by atoms with Crippen molar-refractivity contribution in [2.75, 3.05) is 6.54 Å². The van der Waals surface area contributed by atoms with Gasteiger partial charge >= 0.3 is 0 Å². The minimum absolute atomic E-state index is 0.605. The molecule has 1 aromatic rings. The van der Waals surface area contributed by atoms with Gasteiger partial charge in [0.05, 0.1) is 0 Å². The number of nitrogens with one attached hydrogen (secondary N) is 1. The molecule has 0 bridgehead atoms. The van der Waals surface area contributed by atoms with Gasteiger partial charge in [-0.05, 0) is 31.9 Å². The van der Waals surface area contributed by atoms with Crippen LogP contribution in [0.25, 0.3) is 0 Å². The standard InChI is InChI=1S/C12H17N/c1-10-5-4-6-11(9-10)12-7-2-3-8-13-12/h4-6,9,12-13H,2-3,7-8H2,1H3/t12-/m1/s1. The van der Waals surface area contributed by atoms with Crippen LogP contribution in [0.4, 0.5) is 0 Å². The van der Waals surface area contributed by atoms with Crippen molar-refractivity contribution < 1.29 is 0 Å². The van der Waals surface area contributed by atoms with E-state index in [9.17, 15) is 0 Å². The van der Waals surface area contributed by atoms with Gasteiger partial charge in [-0.15, -0.1) is 0 Å². The third-order valence-corrected chi connectivity index (χ3v) is 2.75. The molecule has 13 heavy (non-hydrogen) atoms.